The van der Waals surface area contributed by atoms with Crippen LogP contribution in [0, 0.1) is 37.7 Å². The Hall–Kier alpha value is -0.940. The maximum absolute atomic E-state index is 10.4. The van der Waals surface area contributed by atoms with Crippen molar-refractivity contribution >= 4 is 23.9 Å². The molecule has 0 radical (unpaired) electrons. The third-order valence-corrected chi connectivity index (χ3v) is 2.14. The molecule has 0 amide bonds. The molecule has 0 aromatic heterocycles. The van der Waals surface area contributed by atoms with E-state index in [9.17, 15) is 39.6 Å². The van der Waals surface area contributed by atoms with Crippen LogP contribution in [0.4, 0.5) is 0 Å². The van der Waals surface area contributed by atoms with Crippen molar-refractivity contribution in [2.24, 2.45) is 0 Å². The number of hydrogen-bond donors (Lipinski definition) is 0. The average Bonchev–Trinajstić information content (AvgIpc) is 2.22. The minimum Gasteiger partial charge on any atom is -0.549 e. The molecule has 0 spiro atoms. The van der Waals surface area contributed by atoms with Crippen molar-refractivity contribution in [2.75, 3.05) is 39.3 Å². The van der Waals surface area contributed by atoms with E-state index in [-0.39, 0.29) is 50.8 Å². The van der Waals surface area contributed by atoms with Gasteiger partial charge in [-0.2, -0.15) is 0 Å². The van der Waals surface area contributed by atoms with Crippen LogP contribution in [-0.2, 0) is 19.2 Å². The number of rotatable bonds is 11. The predicted molar refractivity (Wildman–Crippen MR) is 52.9 cm³/mol. The van der Waals surface area contributed by atoms with Gasteiger partial charge < -0.3 is 39.6 Å². The molecule has 0 aromatic rings. The molecule has 0 rings (SSSR count). The van der Waals surface area contributed by atoms with E-state index in [0.717, 1.165) is 9.80 Å². The zero-order valence-electron chi connectivity index (χ0n) is 10.7. The number of carboxylic acids is 4. The summed E-state index contributed by atoms with van der Waals surface area (Å²) in [7, 11) is 0. The Morgan fingerprint density at radius 1 is 0.571 bits per heavy atom. The Balaban J connectivity index is 0. The number of carboxylic acid groups (broad SMARTS) is 4. The standard InChI is InChI=1S/C10H16N2O8.Ho/c13-7(14)3-11(4-8(15)16)1-2-12(5-9(17)18)6-10(19)20;/h1-6H2,(H,13,14)(H,15,16)(H,17,18)(H,19,20);/q;+3/p-4. The summed E-state index contributed by atoms with van der Waals surface area (Å²) in [5.74, 6) is -6.12. The first kappa shape index (κ1) is 22.3. The largest absolute Gasteiger partial charge is 3.00 e. The Morgan fingerprint density at radius 2 is 0.762 bits per heavy atom. The van der Waals surface area contributed by atoms with Crippen molar-refractivity contribution in [3.05, 3.63) is 0 Å². The van der Waals surface area contributed by atoms with Gasteiger partial charge in [0, 0.05) is 39.3 Å². The molecule has 0 aromatic carbocycles. The SMILES string of the molecule is O=C([O-])CN(CCN(CC(=O)[O-])CC(=O)[O-])CC(=O)[O-].[Ho+3]. The summed E-state index contributed by atoms with van der Waals surface area (Å²) in [6.45, 7) is -3.25. The van der Waals surface area contributed by atoms with Crippen LogP contribution in [-0.4, -0.2) is 72.9 Å². The fourth-order valence-electron chi connectivity index (χ4n) is 1.44. The van der Waals surface area contributed by atoms with Crippen molar-refractivity contribution in [3.8, 4) is 0 Å². The first-order valence-corrected chi connectivity index (χ1v) is 5.44. The second kappa shape index (κ2) is 11.7. The van der Waals surface area contributed by atoms with Crippen molar-refractivity contribution in [1.29, 1.82) is 0 Å². The Bertz CT molecular complexity index is 321. The first-order valence-electron chi connectivity index (χ1n) is 5.44. The summed E-state index contributed by atoms with van der Waals surface area (Å²) in [4.78, 5) is 43.4. The maximum Gasteiger partial charge on any atom is 3.00 e. The third-order valence-electron chi connectivity index (χ3n) is 2.14. The van der Waals surface area contributed by atoms with Crippen LogP contribution < -0.4 is 20.4 Å². The van der Waals surface area contributed by atoms with Crippen molar-refractivity contribution in [1.82, 2.24) is 9.80 Å². The smallest absolute Gasteiger partial charge is 0.549 e. The zero-order valence-corrected chi connectivity index (χ0v) is 12.6. The molecule has 0 aliphatic rings. The van der Waals surface area contributed by atoms with Crippen LogP contribution in [0.25, 0.3) is 0 Å². The molecular formula is C10H12HoN2O8-. The minimum atomic E-state index is -1.53. The maximum atomic E-state index is 10.4. The molecule has 0 unspecified atom stereocenters. The molecule has 21 heavy (non-hydrogen) atoms. The molecule has 0 fully saturated rings. The van der Waals surface area contributed by atoms with Gasteiger partial charge in [-0.1, -0.05) is 0 Å². The summed E-state index contributed by atoms with van der Waals surface area (Å²) in [6.07, 6.45) is 0. The first-order chi connectivity index (χ1) is 9.20. The molecule has 122 valence electrons. The van der Waals surface area contributed by atoms with Gasteiger partial charge in [-0.15, -0.1) is 0 Å². The van der Waals surface area contributed by atoms with E-state index >= 15 is 0 Å². The van der Waals surface area contributed by atoms with Gasteiger partial charge in [0.1, 0.15) is 0 Å². The molecule has 0 aliphatic carbocycles. The summed E-state index contributed by atoms with van der Waals surface area (Å²) in [5.41, 5.74) is 0. The number of hydrogen-bond acceptors (Lipinski definition) is 10. The van der Waals surface area contributed by atoms with E-state index in [1.807, 2.05) is 0 Å². The normalized spacial score (nSPS) is 10.2. The minimum absolute atomic E-state index is 0. The topological polar surface area (TPSA) is 167 Å². The Kier molecular flexibility index (Phi) is 12.4. The molecule has 0 atom stereocenters. The van der Waals surface area contributed by atoms with Crippen LogP contribution in [0.5, 0.6) is 0 Å². The van der Waals surface area contributed by atoms with Crippen molar-refractivity contribution in [2.45, 2.75) is 0 Å². The van der Waals surface area contributed by atoms with Crippen LogP contribution in [0.1, 0.15) is 0 Å². The van der Waals surface area contributed by atoms with Crippen molar-refractivity contribution < 1.29 is 77.3 Å². The monoisotopic (exact) mass is 453 g/mol. The quantitative estimate of drug-likeness (QED) is 0.274. The van der Waals surface area contributed by atoms with Gasteiger partial charge in [0.2, 0.25) is 0 Å². The van der Waals surface area contributed by atoms with E-state index in [1.165, 1.54) is 0 Å². The second-order valence-electron chi connectivity index (χ2n) is 3.91. The molecule has 0 saturated carbocycles. The fraction of sp³-hybridized carbons (Fsp3) is 0.600. The van der Waals surface area contributed by atoms with E-state index < -0.39 is 50.1 Å². The van der Waals surface area contributed by atoms with Gasteiger partial charge in [0.25, 0.3) is 0 Å². The van der Waals surface area contributed by atoms with Crippen LogP contribution in [0.3, 0.4) is 0 Å². The summed E-state index contributed by atoms with van der Waals surface area (Å²) in [5, 5.41) is 41.6. The molecule has 0 saturated heterocycles. The number of aliphatic carboxylic acids is 4. The van der Waals surface area contributed by atoms with Gasteiger partial charge in [0.15, 0.2) is 0 Å². The Labute approximate surface area is 149 Å². The zero-order chi connectivity index (χ0) is 15.7. The van der Waals surface area contributed by atoms with Gasteiger partial charge >= 0.3 is 37.7 Å². The molecule has 0 N–H and O–H groups in total. The Morgan fingerprint density at radius 3 is 0.905 bits per heavy atom. The molecular weight excluding hydrogens is 441 g/mol. The van der Waals surface area contributed by atoms with E-state index in [4.69, 9.17) is 0 Å². The molecule has 0 aliphatic heterocycles. The second-order valence-corrected chi connectivity index (χ2v) is 3.91. The molecule has 11 heteroatoms. The van der Waals surface area contributed by atoms with Crippen LogP contribution in [0.2, 0.25) is 0 Å². The molecule has 0 heterocycles. The van der Waals surface area contributed by atoms with Gasteiger partial charge in [-0.25, -0.2) is 0 Å². The van der Waals surface area contributed by atoms with Crippen LogP contribution >= 0.6 is 0 Å². The summed E-state index contributed by atoms with van der Waals surface area (Å²) < 4.78 is 0. The van der Waals surface area contributed by atoms with E-state index in [1.54, 1.807) is 0 Å². The summed E-state index contributed by atoms with van der Waals surface area (Å²) in [6, 6.07) is 0. The van der Waals surface area contributed by atoms with Gasteiger partial charge in [-0.05, 0) is 0 Å². The van der Waals surface area contributed by atoms with Crippen LogP contribution in [0.15, 0.2) is 0 Å². The number of carbonyl (C=O) groups is 4. The third kappa shape index (κ3) is 13.8. The predicted octanol–water partition coefficient (Wildman–Crippen LogP) is -7.41. The molecule has 0 bridgehead atoms. The average molecular weight is 453 g/mol. The van der Waals surface area contributed by atoms with Gasteiger partial charge in [0.05, 0.1) is 23.9 Å². The van der Waals surface area contributed by atoms with E-state index in [0.29, 0.717) is 0 Å². The number of carbonyl (C=O) groups excluding carboxylic acids is 4. The van der Waals surface area contributed by atoms with E-state index in [2.05, 4.69) is 0 Å². The van der Waals surface area contributed by atoms with Gasteiger partial charge in [-0.3, -0.25) is 9.80 Å². The van der Waals surface area contributed by atoms with Crippen molar-refractivity contribution in [3.63, 3.8) is 0 Å². The fourth-order valence-corrected chi connectivity index (χ4v) is 1.44. The summed E-state index contributed by atoms with van der Waals surface area (Å²) >= 11 is 0. The number of nitrogens with zero attached hydrogens (tertiary/aromatic N) is 2. The molecule has 10 nitrogen and oxygen atoms in total.